The molecule has 0 radical (unpaired) electrons. The molecule has 0 spiro atoms. The van der Waals surface area contributed by atoms with E-state index in [4.69, 9.17) is 0 Å². The SMILES string of the molecule is CC(C)CC(=O)N1CCCC(C)(C)C1C(=O)O. The molecule has 1 fully saturated rings. The van der Waals surface area contributed by atoms with E-state index in [1.165, 1.54) is 0 Å². The van der Waals surface area contributed by atoms with E-state index in [-0.39, 0.29) is 17.2 Å². The van der Waals surface area contributed by atoms with Crippen LogP contribution < -0.4 is 0 Å². The highest BCUT2D eigenvalue weighted by Gasteiger charge is 2.44. The molecule has 1 aliphatic rings. The van der Waals surface area contributed by atoms with Crippen LogP contribution in [-0.2, 0) is 9.59 Å². The molecule has 17 heavy (non-hydrogen) atoms. The Bertz CT molecular complexity index is 310. The summed E-state index contributed by atoms with van der Waals surface area (Å²) in [6.07, 6.45) is 2.18. The van der Waals surface area contributed by atoms with Crippen LogP contribution in [0, 0.1) is 11.3 Å². The van der Waals surface area contributed by atoms with Crippen molar-refractivity contribution in [1.29, 1.82) is 0 Å². The molecule has 4 nitrogen and oxygen atoms in total. The molecule has 1 heterocycles. The maximum Gasteiger partial charge on any atom is 0.326 e. The minimum atomic E-state index is -0.883. The molecule has 1 rings (SSSR count). The number of carboxylic acid groups (broad SMARTS) is 1. The van der Waals surface area contributed by atoms with Gasteiger partial charge in [-0.2, -0.15) is 0 Å². The average Bonchev–Trinajstić information content (AvgIpc) is 2.13. The Morgan fingerprint density at radius 1 is 1.41 bits per heavy atom. The first-order valence-electron chi connectivity index (χ1n) is 6.28. The van der Waals surface area contributed by atoms with Crippen molar-refractivity contribution < 1.29 is 14.7 Å². The predicted molar refractivity (Wildman–Crippen MR) is 65.6 cm³/mol. The number of carbonyl (C=O) groups is 2. The number of carbonyl (C=O) groups excluding carboxylic acids is 1. The third kappa shape index (κ3) is 3.20. The summed E-state index contributed by atoms with van der Waals surface area (Å²) in [5.74, 6) is -0.644. The summed E-state index contributed by atoms with van der Waals surface area (Å²) in [7, 11) is 0. The van der Waals surface area contributed by atoms with Gasteiger partial charge in [-0.3, -0.25) is 4.79 Å². The van der Waals surface area contributed by atoms with Crippen LogP contribution in [0.15, 0.2) is 0 Å². The standard InChI is InChI=1S/C13H23NO3/c1-9(2)8-10(15)14-7-5-6-13(3,4)11(14)12(16)17/h9,11H,5-8H2,1-4H3,(H,16,17). The van der Waals surface area contributed by atoms with Gasteiger partial charge in [0.15, 0.2) is 0 Å². The molecule has 4 heteroatoms. The zero-order valence-electron chi connectivity index (χ0n) is 11.2. The van der Waals surface area contributed by atoms with Crippen molar-refractivity contribution in [1.82, 2.24) is 4.90 Å². The minimum Gasteiger partial charge on any atom is -0.480 e. The smallest absolute Gasteiger partial charge is 0.326 e. The Labute approximate surface area is 103 Å². The van der Waals surface area contributed by atoms with Crippen LogP contribution in [-0.4, -0.2) is 34.5 Å². The summed E-state index contributed by atoms with van der Waals surface area (Å²) in [6, 6.07) is -0.678. The van der Waals surface area contributed by atoms with Crippen molar-refractivity contribution in [2.75, 3.05) is 6.54 Å². The number of amides is 1. The first kappa shape index (κ1) is 14.0. The third-order valence-electron chi connectivity index (χ3n) is 3.41. The van der Waals surface area contributed by atoms with Crippen molar-refractivity contribution in [3.63, 3.8) is 0 Å². The molecule has 0 aromatic heterocycles. The molecular weight excluding hydrogens is 218 g/mol. The highest BCUT2D eigenvalue weighted by molar-refractivity contribution is 5.84. The summed E-state index contributed by atoms with van der Waals surface area (Å²) in [4.78, 5) is 25.0. The van der Waals surface area contributed by atoms with E-state index in [1.54, 1.807) is 4.90 Å². The van der Waals surface area contributed by atoms with Gasteiger partial charge in [-0.25, -0.2) is 4.79 Å². The summed E-state index contributed by atoms with van der Waals surface area (Å²) in [6.45, 7) is 8.39. The molecule has 0 aromatic carbocycles. The summed E-state index contributed by atoms with van der Waals surface area (Å²) in [5, 5.41) is 9.33. The number of hydrogen-bond acceptors (Lipinski definition) is 2. The van der Waals surface area contributed by atoms with Gasteiger partial charge in [-0.1, -0.05) is 27.7 Å². The third-order valence-corrected chi connectivity index (χ3v) is 3.41. The number of hydrogen-bond donors (Lipinski definition) is 1. The van der Waals surface area contributed by atoms with Gasteiger partial charge < -0.3 is 10.0 Å². The fraction of sp³-hybridized carbons (Fsp3) is 0.846. The number of rotatable bonds is 3. The van der Waals surface area contributed by atoms with Crippen molar-refractivity contribution >= 4 is 11.9 Å². The molecule has 1 N–H and O–H groups in total. The van der Waals surface area contributed by atoms with Crippen LogP contribution in [0.4, 0.5) is 0 Å². The van der Waals surface area contributed by atoms with E-state index in [2.05, 4.69) is 0 Å². The second-order valence-corrected chi connectivity index (χ2v) is 6.02. The van der Waals surface area contributed by atoms with E-state index in [9.17, 15) is 14.7 Å². The van der Waals surface area contributed by atoms with E-state index in [0.717, 1.165) is 12.8 Å². The zero-order valence-corrected chi connectivity index (χ0v) is 11.2. The first-order chi connectivity index (χ1) is 7.75. The highest BCUT2D eigenvalue weighted by Crippen LogP contribution is 2.35. The van der Waals surface area contributed by atoms with Crippen molar-refractivity contribution in [3.8, 4) is 0 Å². The minimum absolute atomic E-state index is 0.0276. The van der Waals surface area contributed by atoms with Gasteiger partial charge in [0.1, 0.15) is 6.04 Å². The van der Waals surface area contributed by atoms with Gasteiger partial charge in [0.25, 0.3) is 0 Å². The number of carboxylic acids is 1. The van der Waals surface area contributed by atoms with Crippen molar-refractivity contribution in [2.45, 2.75) is 53.0 Å². The molecule has 1 saturated heterocycles. The highest BCUT2D eigenvalue weighted by atomic mass is 16.4. The summed E-state index contributed by atoms with van der Waals surface area (Å²) in [5.41, 5.74) is -0.337. The lowest BCUT2D eigenvalue weighted by Crippen LogP contribution is -2.56. The Morgan fingerprint density at radius 3 is 2.47 bits per heavy atom. The van der Waals surface area contributed by atoms with Crippen LogP contribution in [0.5, 0.6) is 0 Å². The zero-order chi connectivity index (χ0) is 13.2. The molecule has 0 aromatic rings. The molecule has 98 valence electrons. The van der Waals surface area contributed by atoms with E-state index >= 15 is 0 Å². The van der Waals surface area contributed by atoms with Crippen molar-refractivity contribution in [2.24, 2.45) is 11.3 Å². The Balaban J connectivity index is 2.88. The second kappa shape index (κ2) is 5.07. The normalized spacial score (nSPS) is 23.8. The van der Waals surface area contributed by atoms with Crippen LogP contribution in [0.2, 0.25) is 0 Å². The van der Waals surface area contributed by atoms with Gasteiger partial charge in [0.2, 0.25) is 5.91 Å². The molecule has 1 atom stereocenters. The lowest BCUT2D eigenvalue weighted by Gasteiger charge is -2.44. The quantitative estimate of drug-likeness (QED) is 0.823. The Kier molecular flexibility index (Phi) is 4.17. The molecule has 1 unspecified atom stereocenters. The first-order valence-corrected chi connectivity index (χ1v) is 6.28. The predicted octanol–water partition coefficient (Wildman–Crippen LogP) is 2.13. The van der Waals surface area contributed by atoms with Gasteiger partial charge in [-0.05, 0) is 24.2 Å². The number of piperidine rings is 1. The van der Waals surface area contributed by atoms with Crippen molar-refractivity contribution in [3.05, 3.63) is 0 Å². The van der Waals surface area contributed by atoms with Gasteiger partial charge in [0, 0.05) is 13.0 Å². The van der Waals surface area contributed by atoms with Crippen LogP contribution in [0.25, 0.3) is 0 Å². The molecule has 0 aliphatic carbocycles. The monoisotopic (exact) mass is 241 g/mol. The maximum absolute atomic E-state index is 12.1. The van der Waals surface area contributed by atoms with Gasteiger partial charge in [-0.15, -0.1) is 0 Å². The number of likely N-dealkylation sites (tertiary alicyclic amines) is 1. The Hall–Kier alpha value is -1.06. The van der Waals surface area contributed by atoms with Gasteiger partial charge in [0.05, 0.1) is 0 Å². The lowest BCUT2D eigenvalue weighted by atomic mass is 9.76. The molecule has 0 bridgehead atoms. The van der Waals surface area contributed by atoms with E-state index < -0.39 is 12.0 Å². The summed E-state index contributed by atoms with van der Waals surface area (Å²) < 4.78 is 0. The molecule has 1 amide bonds. The summed E-state index contributed by atoms with van der Waals surface area (Å²) >= 11 is 0. The van der Waals surface area contributed by atoms with Gasteiger partial charge >= 0.3 is 5.97 Å². The molecule has 0 saturated carbocycles. The fourth-order valence-corrected chi connectivity index (χ4v) is 2.60. The van der Waals surface area contributed by atoms with Crippen LogP contribution in [0.3, 0.4) is 0 Å². The fourth-order valence-electron chi connectivity index (χ4n) is 2.60. The van der Waals surface area contributed by atoms with Crippen LogP contribution in [0.1, 0.15) is 47.0 Å². The largest absolute Gasteiger partial charge is 0.480 e. The van der Waals surface area contributed by atoms with Crippen LogP contribution >= 0.6 is 0 Å². The number of aliphatic carboxylic acids is 1. The van der Waals surface area contributed by atoms with E-state index in [1.807, 2.05) is 27.7 Å². The maximum atomic E-state index is 12.1. The Morgan fingerprint density at radius 2 is 2.00 bits per heavy atom. The average molecular weight is 241 g/mol. The molecular formula is C13H23NO3. The second-order valence-electron chi connectivity index (χ2n) is 6.02. The molecule has 1 aliphatic heterocycles. The topological polar surface area (TPSA) is 57.6 Å². The number of nitrogens with zero attached hydrogens (tertiary/aromatic N) is 1. The van der Waals surface area contributed by atoms with E-state index in [0.29, 0.717) is 13.0 Å². The lowest BCUT2D eigenvalue weighted by molar-refractivity contribution is -0.159.